The lowest BCUT2D eigenvalue weighted by molar-refractivity contribution is 0.414. The van der Waals surface area contributed by atoms with Crippen molar-refractivity contribution < 1.29 is 13.2 Å². The number of benzene rings is 1. The van der Waals surface area contributed by atoms with Crippen molar-refractivity contribution in [3.63, 3.8) is 0 Å². The third-order valence-electron chi connectivity index (χ3n) is 6.25. The molecular weight excluding hydrogens is 548 g/mol. The normalized spacial score (nSPS) is 12.0. The monoisotopic (exact) mass is 572 g/mol. The Labute approximate surface area is 233 Å². The maximum absolute atomic E-state index is 13.0. The number of nitrogens with two attached hydrogens (primary N) is 1. The maximum Gasteiger partial charge on any atom is 0.272 e. The topological polar surface area (TPSA) is 206 Å². The van der Waals surface area contributed by atoms with Crippen LogP contribution in [0.25, 0.3) is 16.8 Å². The average Bonchev–Trinajstić information content (AvgIpc) is 3.34. The molecule has 14 nitrogen and oxygen atoms in total. The summed E-state index contributed by atoms with van der Waals surface area (Å²) in [4.78, 5) is 27.9. The smallest absolute Gasteiger partial charge is 0.272 e. The molecule has 5 N–H and O–H groups in total. The van der Waals surface area contributed by atoms with Crippen LogP contribution < -0.4 is 26.1 Å². The predicted molar refractivity (Wildman–Crippen MR) is 151 cm³/mol. The zero-order valence-electron chi connectivity index (χ0n) is 22.1. The van der Waals surface area contributed by atoms with Crippen LogP contribution in [0.3, 0.4) is 0 Å². The molecule has 4 aromatic heterocycles. The molecule has 1 atom stereocenters. The fourth-order valence-electron chi connectivity index (χ4n) is 4.12. The Morgan fingerprint density at radius 3 is 2.66 bits per heavy atom. The molecule has 0 saturated heterocycles. The van der Waals surface area contributed by atoms with Gasteiger partial charge in [0.1, 0.15) is 46.7 Å². The molecule has 0 radical (unpaired) electrons. The predicted octanol–water partition coefficient (Wildman–Crippen LogP) is 2.62. The van der Waals surface area contributed by atoms with Gasteiger partial charge in [0, 0.05) is 18.0 Å². The van der Waals surface area contributed by atoms with Gasteiger partial charge in [-0.25, -0.2) is 27.9 Å². The highest BCUT2D eigenvalue weighted by Crippen LogP contribution is 2.29. The van der Waals surface area contributed by atoms with Crippen molar-refractivity contribution in [2.75, 3.05) is 22.9 Å². The molecule has 5 rings (SSSR count). The van der Waals surface area contributed by atoms with Crippen molar-refractivity contribution in [2.24, 2.45) is 0 Å². The summed E-state index contributed by atoms with van der Waals surface area (Å²) in [6, 6.07) is 10.5. The van der Waals surface area contributed by atoms with Crippen LogP contribution in [-0.2, 0) is 10.0 Å². The average molecular weight is 573 g/mol. The summed E-state index contributed by atoms with van der Waals surface area (Å²) >= 11 is 0. The van der Waals surface area contributed by atoms with Crippen LogP contribution in [0.5, 0.6) is 5.75 Å². The number of hydrogen-bond donors (Lipinski definition) is 4. The van der Waals surface area contributed by atoms with E-state index in [0.717, 1.165) is 5.56 Å². The van der Waals surface area contributed by atoms with Crippen molar-refractivity contribution in [2.45, 2.75) is 24.8 Å². The largest absolute Gasteiger partial charge is 0.497 e. The number of pyridine rings is 1. The molecule has 0 spiro atoms. The van der Waals surface area contributed by atoms with E-state index in [1.807, 2.05) is 19.1 Å². The number of fused-ring (bicyclic) bond motifs is 1. The molecule has 5 aromatic rings. The quantitative estimate of drug-likeness (QED) is 0.212. The highest BCUT2D eigenvalue weighted by atomic mass is 32.2. The second-order valence-corrected chi connectivity index (χ2v) is 10.7. The van der Waals surface area contributed by atoms with Crippen molar-refractivity contribution in [3.8, 4) is 23.1 Å². The minimum absolute atomic E-state index is 0.0353. The SMILES string of the molecule is COc1ccc(S(=O)(=O)Nc2cc(-c3nc(C(C)Nc4ncnc(N)c4C#N)nn4ccc(C)c34)c[nH]c2=O)cc1. The molecule has 0 saturated carbocycles. The Kier molecular flexibility index (Phi) is 6.99. The fraction of sp³-hybridized carbons (Fsp3) is 0.154. The molecule has 0 bridgehead atoms. The van der Waals surface area contributed by atoms with Crippen LogP contribution in [0.4, 0.5) is 17.3 Å². The van der Waals surface area contributed by atoms with Crippen LogP contribution in [0.1, 0.15) is 29.9 Å². The standard InChI is InChI=1S/C26H24N10O4S/c1-14-8-9-36-22(14)21(33-24(34-36)15(2)32-25-19(11-27)23(28)30-13-31-25)16-10-20(26(37)29-12-16)35-41(38,39)18-6-4-17(40-3)5-7-18/h4-10,12-13,15,35H,1-3H3,(H,29,37)(H3,28,30,31,32). The molecule has 15 heteroatoms. The van der Waals surface area contributed by atoms with Crippen molar-refractivity contribution in [3.05, 3.63) is 82.4 Å². The first-order valence-electron chi connectivity index (χ1n) is 12.1. The Morgan fingerprint density at radius 2 is 1.95 bits per heavy atom. The van der Waals surface area contributed by atoms with Gasteiger partial charge < -0.3 is 20.8 Å². The van der Waals surface area contributed by atoms with Gasteiger partial charge in [-0.05, 0) is 55.8 Å². The van der Waals surface area contributed by atoms with Gasteiger partial charge in [0.2, 0.25) is 0 Å². The van der Waals surface area contributed by atoms with Gasteiger partial charge in [-0.2, -0.15) is 10.4 Å². The number of nitrogens with one attached hydrogen (secondary N) is 3. The lowest BCUT2D eigenvalue weighted by Gasteiger charge is -2.16. The number of rotatable bonds is 8. The lowest BCUT2D eigenvalue weighted by atomic mass is 10.1. The van der Waals surface area contributed by atoms with Crippen LogP contribution in [0.2, 0.25) is 0 Å². The summed E-state index contributed by atoms with van der Waals surface area (Å²) in [5, 5.41) is 17.2. The van der Waals surface area contributed by atoms with Crippen LogP contribution in [0, 0.1) is 18.3 Å². The third-order valence-corrected chi connectivity index (χ3v) is 7.63. The van der Waals surface area contributed by atoms with Crippen molar-refractivity contribution in [1.82, 2.24) is 29.5 Å². The van der Waals surface area contributed by atoms with Gasteiger partial charge in [-0.3, -0.25) is 9.52 Å². The zero-order chi connectivity index (χ0) is 29.3. The Bertz CT molecular complexity index is 1980. The molecule has 1 aromatic carbocycles. The molecular formula is C26H24N10O4S. The van der Waals surface area contributed by atoms with E-state index < -0.39 is 21.6 Å². The van der Waals surface area contributed by atoms with E-state index in [1.54, 1.807) is 17.6 Å². The highest BCUT2D eigenvalue weighted by molar-refractivity contribution is 7.92. The number of sulfonamides is 1. The van der Waals surface area contributed by atoms with Gasteiger partial charge in [-0.1, -0.05) is 0 Å². The van der Waals surface area contributed by atoms with Gasteiger partial charge in [0.15, 0.2) is 5.82 Å². The Hall–Kier alpha value is -5.49. The number of hydrogen-bond acceptors (Lipinski definition) is 11. The Morgan fingerprint density at radius 1 is 1.20 bits per heavy atom. The van der Waals surface area contributed by atoms with E-state index in [9.17, 15) is 18.5 Å². The number of H-pyrrole nitrogens is 1. The first kappa shape index (κ1) is 27.1. The van der Waals surface area contributed by atoms with E-state index in [2.05, 4.69) is 30.1 Å². The van der Waals surface area contributed by atoms with Crippen LogP contribution in [0.15, 0.2) is 64.8 Å². The minimum Gasteiger partial charge on any atom is -0.497 e. The van der Waals surface area contributed by atoms with Crippen molar-refractivity contribution in [1.29, 1.82) is 5.26 Å². The fourth-order valence-corrected chi connectivity index (χ4v) is 5.18. The summed E-state index contributed by atoms with van der Waals surface area (Å²) in [6.07, 6.45) is 4.45. The number of anilines is 3. The van der Waals surface area contributed by atoms with Gasteiger partial charge in [0.05, 0.1) is 23.6 Å². The number of nitriles is 1. The molecule has 0 aliphatic heterocycles. The second-order valence-electron chi connectivity index (χ2n) is 8.98. The first-order chi connectivity index (χ1) is 19.6. The van der Waals surface area contributed by atoms with E-state index in [0.29, 0.717) is 28.3 Å². The summed E-state index contributed by atoms with van der Waals surface area (Å²) in [5.41, 5.74) is 7.46. The van der Waals surface area contributed by atoms with Crippen LogP contribution >= 0.6 is 0 Å². The second kappa shape index (κ2) is 10.6. The number of nitrogens with zero attached hydrogens (tertiary/aromatic N) is 6. The van der Waals surface area contributed by atoms with E-state index in [-0.39, 0.29) is 27.8 Å². The zero-order valence-corrected chi connectivity index (χ0v) is 22.9. The lowest BCUT2D eigenvalue weighted by Crippen LogP contribution is -2.20. The molecule has 0 aliphatic carbocycles. The van der Waals surface area contributed by atoms with Gasteiger partial charge in [0.25, 0.3) is 15.6 Å². The molecule has 41 heavy (non-hydrogen) atoms. The molecule has 1 unspecified atom stereocenters. The minimum atomic E-state index is -4.09. The Balaban J connectivity index is 1.55. The van der Waals surface area contributed by atoms with E-state index >= 15 is 0 Å². The molecule has 4 heterocycles. The highest BCUT2D eigenvalue weighted by Gasteiger charge is 2.21. The first-order valence-corrected chi connectivity index (χ1v) is 13.6. The molecule has 0 aliphatic rings. The molecule has 208 valence electrons. The van der Waals surface area contributed by atoms with Gasteiger partial charge in [-0.15, -0.1) is 0 Å². The number of aromatic nitrogens is 6. The number of ether oxygens (including phenoxy) is 1. The molecule has 0 amide bonds. The van der Waals surface area contributed by atoms with Crippen LogP contribution in [-0.4, -0.2) is 45.1 Å². The van der Waals surface area contributed by atoms with E-state index in [1.165, 1.54) is 50.0 Å². The van der Waals surface area contributed by atoms with E-state index in [4.69, 9.17) is 15.5 Å². The summed E-state index contributed by atoms with van der Waals surface area (Å²) < 4.78 is 35.2. The number of nitrogen functional groups attached to an aromatic ring is 1. The number of aromatic amines is 1. The summed E-state index contributed by atoms with van der Waals surface area (Å²) in [5.74, 6) is 1.08. The molecule has 0 fully saturated rings. The summed E-state index contributed by atoms with van der Waals surface area (Å²) in [7, 11) is -2.61. The number of aryl methyl sites for hydroxylation is 1. The summed E-state index contributed by atoms with van der Waals surface area (Å²) in [6.45, 7) is 3.66. The number of methoxy groups -OCH3 is 1. The van der Waals surface area contributed by atoms with Crippen molar-refractivity contribution >= 4 is 32.9 Å². The van der Waals surface area contributed by atoms with Gasteiger partial charge >= 0.3 is 0 Å². The maximum atomic E-state index is 13.0. The third kappa shape index (κ3) is 5.23.